The number of piperidine rings is 2. The Bertz CT molecular complexity index is 1260. The number of aryl methyl sites for hydroxylation is 1. The molecular weight excluding hydrogens is 460 g/mol. The monoisotopic (exact) mass is 494 g/mol. The van der Waals surface area contributed by atoms with Crippen LogP contribution in [0.25, 0.3) is 11.0 Å². The molecule has 0 saturated carbocycles. The number of sulfonamides is 1. The van der Waals surface area contributed by atoms with Crippen LogP contribution < -0.4 is 0 Å². The first kappa shape index (κ1) is 24.0. The Hall–Kier alpha value is -2.71. The summed E-state index contributed by atoms with van der Waals surface area (Å²) in [6, 6.07) is 15.7. The van der Waals surface area contributed by atoms with Gasteiger partial charge in [-0.15, -0.1) is 0 Å². The molecule has 7 nitrogen and oxygen atoms in total. The van der Waals surface area contributed by atoms with Gasteiger partial charge in [0.2, 0.25) is 15.9 Å². The van der Waals surface area contributed by atoms with Crippen molar-refractivity contribution in [2.45, 2.75) is 56.4 Å². The lowest BCUT2D eigenvalue weighted by Gasteiger charge is -2.32. The van der Waals surface area contributed by atoms with Crippen molar-refractivity contribution in [1.29, 1.82) is 0 Å². The van der Waals surface area contributed by atoms with E-state index in [2.05, 4.69) is 29.2 Å². The molecule has 1 aromatic heterocycles. The molecule has 35 heavy (non-hydrogen) atoms. The fraction of sp³-hybridized carbons (Fsp3) is 0.481. The number of hydrogen-bond donors (Lipinski definition) is 0. The van der Waals surface area contributed by atoms with Crippen LogP contribution in [0.15, 0.2) is 59.8 Å². The van der Waals surface area contributed by atoms with E-state index in [1.807, 2.05) is 21.6 Å². The summed E-state index contributed by atoms with van der Waals surface area (Å²) in [7, 11) is -3.49. The van der Waals surface area contributed by atoms with Crippen LogP contribution in [0.2, 0.25) is 0 Å². The predicted octanol–water partition coefficient (Wildman–Crippen LogP) is 4.08. The standard InChI is InChI=1S/C27H34N4O3S/c32-27(29-16-11-23(12-17-29)19-22-7-3-1-4-8-22)13-18-30-21-28-25-20-24(9-10-26(25)30)35(33,34)31-14-5-2-6-15-31/h1,3-4,7-10,20-21,23H,2,5-6,11-19H2. The van der Waals surface area contributed by atoms with Crippen molar-refractivity contribution in [2.75, 3.05) is 26.2 Å². The summed E-state index contributed by atoms with van der Waals surface area (Å²) in [6.45, 7) is 3.34. The van der Waals surface area contributed by atoms with Crippen LogP contribution in [0.3, 0.4) is 0 Å². The second-order valence-electron chi connectivity index (χ2n) is 9.82. The molecular formula is C27H34N4O3S. The second kappa shape index (κ2) is 10.5. The van der Waals surface area contributed by atoms with Gasteiger partial charge in [0, 0.05) is 39.1 Å². The zero-order valence-corrected chi connectivity index (χ0v) is 21.0. The molecule has 2 aromatic carbocycles. The molecule has 0 atom stereocenters. The van der Waals surface area contributed by atoms with Gasteiger partial charge in [0.15, 0.2) is 0 Å². The average Bonchev–Trinajstić information content (AvgIpc) is 3.31. The Morgan fingerprint density at radius 1 is 0.943 bits per heavy atom. The van der Waals surface area contributed by atoms with Crippen molar-refractivity contribution < 1.29 is 13.2 Å². The quantitative estimate of drug-likeness (QED) is 0.496. The van der Waals surface area contributed by atoms with E-state index < -0.39 is 10.0 Å². The highest BCUT2D eigenvalue weighted by molar-refractivity contribution is 7.89. The minimum Gasteiger partial charge on any atom is -0.343 e. The number of fused-ring (bicyclic) bond motifs is 1. The number of rotatable bonds is 7. The Labute approximate surface area is 207 Å². The summed E-state index contributed by atoms with van der Waals surface area (Å²) < 4.78 is 29.5. The Balaban J connectivity index is 1.16. The number of imidazole rings is 1. The molecule has 0 aliphatic carbocycles. The van der Waals surface area contributed by atoms with E-state index in [1.54, 1.807) is 22.8 Å². The third kappa shape index (κ3) is 5.43. The highest BCUT2D eigenvalue weighted by Crippen LogP contribution is 2.25. The molecule has 0 N–H and O–H groups in total. The third-order valence-electron chi connectivity index (χ3n) is 7.45. The Morgan fingerprint density at radius 2 is 1.69 bits per heavy atom. The van der Waals surface area contributed by atoms with E-state index in [4.69, 9.17) is 0 Å². The molecule has 2 aliphatic heterocycles. The smallest absolute Gasteiger partial charge is 0.243 e. The fourth-order valence-electron chi connectivity index (χ4n) is 5.34. The maximum absolute atomic E-state index is 13.0. The SMILES string of the molecule is O=C(CCn1cnc2cc(S(=O)(=O)N3CCCCC3)ccc21)N1CCC(Cc2ccccc2)CC1. The molecule has 0 bridgehead atoms. The molecule has 0 unspecified atom stereocenters. The predicted molar refractivity (Wildman–Crippen MR) is 136 cm³/mol. The first-order valence-electron chi connectivity index (χ1n) is 12.8. The number of nitrogens with zero attached hydrogens (tertiary/aromatic N) is 4. The van der Waals surface area contributed by atoms with E-state index in [-0.39, 0.29) is 5.91 Å². The van der Waals surface area contributed by atoms with Gasteiger partial charge in [0.05, 0.1) is 22.3 Å². The molecule has 2 saturated heterocycles. The molecule has 0 radical (unpaired) electrons. The van der Waals surface area contributed by atoms with Crippen LogP contribution in [0.1, 0.15) is 44.1 Å². The van der Waals surface area contributed by atoms with Gasteiger partial charge in [-0.1, -0.05) is 36.8 Å². The lowest BCUT2D eigenvalue weighted by atomic mass is 9.90. The van der Waals surface area contributed by atoms with E-state index in [9.17, 15) is 13.2 Å². The lowest BCUT2D eigenvalue weighted by Crippen LogP contribution is -2.39. The number of aromatic nitrogens is 2. The van der Waals surface area contributed by atoms with Crippen LogP contribution in [0.4, 0.5) is 0 Å². The van der Waals surface area contributed by atoms with Crippen LogP contribution in [0, 0.1) is 5.92 Å². The van der Waals surface area contributed by atoms with Crippen LogP contribution in [-0.4, -0.2) is 59.3 Å². The molecule has 3 heterocycles. The summed E-state index contributed by atoms with van der Waals surface area (Å²) in [5.74, 6) is 0.809. The topological polar surface area (TPSA) is 75.5 Å². The summed E-state index contributed by atoms with van der Waals surface area (Å²) in [5, 5.41) is 0. The summed E-state index contributed by atoms with van der Waals surface area (Å²) in [5.41, 5.74) is 2.88. The van der Waals surface area contributed by atoms with Crippen molar-refractivity contribution >= 4 is 27.0 Å². The summed E-state index contributed by atoms with van der Waals surface area (Å²) in [6.07, 6.45) is 8.21. The molecule has 1 amide bonds. The molecule has 186 valence electrons. The number of likely N-dealkylation sites (tertiary alicyclic amines) is 1. The number of benzene rings is 2. The number of amides is 1. The largest absolute Gasteiger partial charge is 0.343 e. The maximum Gasteiger partial charge on any atom is 0.243 e. The molecule has 2 aliphatic rings. The van der Waals surface area contributed by atoms with Gasteiger partial charge in [-0.25, -0.2) is 13.4 Å². The zero-order valence-electron chi connectivity index (χ0n) is 20.2. The fourth-order valence-corrected chi connectivity index (χ4v) is 6.88. The zero-order chi connectivity index (χ0) is 24.3. The Kier molecular flexibility index (Phi) is 7.20. The second-order valence-corrected chi connectivity index (χ2v) is 11.8. The minimum absolute atomic E-state index is 0.175. The summed E-state index contributed by atoms with van der Waals surface area (Å²) >= 11 is 0. The van der Waals surface area contributed by atoms with Crippen LogP contribution in [0.5, 0.6) is 0 Å². The van der Waals surface area contributed by atoms with E-state index in [0.717, 1.165) is 57.1 Å². The van der Waals surface area contributed by atoms with Crippen molar-refractivity contribution in [3.05, 3.63) is 60.4 Å². The Morgan fingerprint density at radius 3 is 2.43 bits per heavy atom. The number of carbonyl (C=O) groups is 1. The van der Waals surface area contributed by atoms with Crippen molar-refractivity contribution in [3.63, 3.8) is 0 Å². The van der Waals surface area contributed by atoms with Crippen molar-refractivity contribution in [1.82, 2.24) is 18.8 Å². The van der Waals surface area contributed by atoms with Crippen molar-refractivity contribution in [3.8, 4) is 0 Å². The van der Waals surface area contributed by atoms with Gasteiger partial charge >= 0.3 is 0 Å². The van der Waals surface area contributed by atoms with Gasteiger partial charge in [-0.2, -0.15) is 4.31 Å². The highest BCUT2D eigenvalue weighted by atomic mass is 32.2. The molecule has 3 aromatic rings. The van der Waals surface area contributed by atoms with Crippen LogP contribution >= 0.6 is 0 Å². The van der Waals surface area contributed by atoms with Crippen molar-refractivity contribution in [2.24, 2.45) is 5.92 Å². The summed E-state index contributed by atoms with van der Waals surface area (Å²) in [4.78, 5) is 19.6. The highest BCUT2D eigenvalue weighted by Gasteiger charge is 2.27. The molecule has 5 rings (SSSR count). The maximum atomic E-state index is 13.0. The van der Waals surface area contributed by atoms with Gasteiger partial charge in [-0.05, 0) is 61.8 Å². The first-order valence-corrected chi connectivity index (χ1v) is 14.2. The van der Waals surface area contributed by atoms with Gasteiger partial charge in [-0.3, -0.25) is 4.79 Å². The van der Waals surface area contributed by atoms with E-state index >= 15 is 0 Å². The van der Waals surface area contributed by atoms with E-state index in [1.165, 1.54) is 5.56 Å². The first-order chi connectivity index (χ1) is 17.0. The third-order valence-corrected chi connectivity index (χ3v) is 9.34. The molecule has 2 fully saturated rings. The molecule has 8 heteroatoms. The van der Waals surface area contributed by atoms with Gasteiger partial charge < -0.3 is 9.47 Å². The molecule has 0 spiro atoms. The van der Waals surface area contributed by atoms with Crippen LogP contribution in [-0.2, 0) is 27.8 Å². The number of carbonyl (C=O) groups excluding carboxylic acids is 1. The van der Waals surface area contributed by atoms with E-state index in [0.29, 0.717) is 42.4 Å². The van der Waals surface area contributed by atoms with Gasteiger partial charge in [0.25, 0.3) is 0 Å². The number of hydrogen-bond acceptors (Lipinski definition) is 4. The lowest BCUT2D eigenvalue weighted by molar-refractivity contribution is -0.132. The van der Waals surface area contributed by atoms with Gasteiger partial charge in [0.1, 0.15) is 0 Å². The normalized spacial score (nSPS) is 18.2. The minimum atomic E-state index is -3.49. The average molecular weight is 495 g/mol.